The maximum atomic E-state index is 3.42. The predicted molar refractivity (Wildman–Crippen MR) is 511 cm³/mol. The highest BCUT2D eigenvalue weighted by Crippen LogP contribution is 2.51. The summed E-state index contributed by atoms with van der Waals surface area (Å²) in [7, 11) is 0. The van der Waals surface area contributed by atoms with Crippen LogP contribution < -0.4 is 5.32 Å². The van der Waals surface area contributed by atoms with Gasteiger partial charge in [-0.15, -0.1) is 0 Å². The minimum atomic E-state index is 0.309. The molecule has 14 rings (SSSR count). The lowest BCUT2D eigenvalue weighted by Crippen LogP contribution is -2.71. The molecule has 0 amide bonds. The van der Waals surface area contributed by atoms with Crippen LogP contribution in [0.3, 0.4) is 0 Å². The number of fused-ring (bicyclic) bond motifs is 7. The molecule has 0 spiro atoms. The molecule has 13 heterocycles. The van der Waals surface area contributed by atoms with Gasteiger partial charge < -0.3 is 5.32 Å². The van der Waals surface area contributed by atoms with E-state index in [4.69, 9.17) is 0 Å². The summed E-state index contributed by atoms with van der Waals surface area (Å²) in [5.74, 6) is 9.05. The standard InChI is InChI=1S/C17H34N2.C16H32N2.C15H30N2.C15H29N.C14H28N2.C13H26N2.C10H20N2.C4H10/c1-16(2,3)14-9-10-15-8-7-11-19(17(4,5)6)13-18(15)12-14;1-15(2,3)13-7-8-14-9-10-18(16(4,5)6)12-17(14)11-13;1-14(2,3)12-9-13-7-8-17(15(4,5)6)11-16(13)10-12;1-14(2,3)13-7-11-9-16(15(4,5)6)10-12(11)8-13;1-13(2,3)11-7-8-12-15(9-11)10-16(12)14(4,5)6;1-12(2,3)10-7-11-14(8-10)9-15(11)13(4,5)6;1-10(2,3)8-4-9-5-11-7-12(9)6-8;1-4(2)3/h14-15H,7-13H2,1-6H3;13-14H,7-12H2,1-6H3;12-13H,7-11H2,1-6H3;11-13H,7-10H2,1-6H3;11-12H,7-10H2,1-6H3;10-11H,7-9H2,1-6H3;8-9,11H,4-7H2,1-3H3;4H,1-3H3. The third-order valence-electron chi connectivity index (χ3n) is 32.1. The molecule has 117 heavy (non-hydrogen) atoms. The van der Waals surface area contributed by atoms with Crippen molar-refractivity contribution < 1.29 is 0 Å². The molecule has 0 aromatic heterocycles. The molecule has 0 radical (unpaired) electrons. The van der Waals surface area contributed by atoms with Gasteiger partial charge in [0, 0.05) is 136 Å². The molecule has 1 N–H and O–H groups in total. The van der Waals surface area contributed by atoms with Crippen molar-refractivity contribution in [3.8, 4) is 0 Å². The summed E-state index contributed by atoms with van der Waals surface area (Å²) in [5, 5.41) is 3.42. The molecule has 1 aliphatic carbocycles. The first-order valence-corrected chi connectivity index (χ1v) is 49.6. The molecule has 13 saturated heterocycles. The molecule has 14 unspecified atom stereocenters. The van der Waals surface area contributed by atoms with E-state index in [1.54, 1.807) is 0 Å². The van der Waals surface area contributed by atoms with Crippen LogP contribution in [0.5, 0.6) is 0 Å². The van der Waals surface area contributed by atoms with Crippen LogP contribution in [0.25, 0.3) is 0 Å². The van der Waals surface area contributed by atoms with E-state index in [9.17, 15) is 0 Å². The van der Waals surface area contributed by atoms with Crippen LogP contribution in [0.4, 0.5) is 0 Å². The molecule has 14 fully saturated rings. The number of likely N-dealkylation sites (tertiary alicyclic amines) is 1. The van der Waals surface area contributed by atoms with Gasteiger partial charge in [-0.1, -0.05) is 166 Å². The summed E-state index contributed by atoms with van der Waals surface area (Å²) in [5.41, 5.74) is 5.40. The Labute approximate surface area is 732 Å². The highest BCUT2D eigenvalue weighted by molar-refractivity contribution is 5.04. The maximum absolute atomic E-state index is 3.42. The van der Waals surface area contributed by atoms with Crippen LogP contribution in [0.2, 0.25) is 0 Å². The Morgan fingerprint density at radius 3 is 0.923 bits per heavy atom. The van der Waals surface area contributed by atoms with Crippen molar-refractivity contribution in [2.45, 2.75) is 457 Å². The third kappa shape index (κ3) is 30.0. The Balaban J connectivity index is 0.000000188. The van der Waals surface area contributed by atoms with Gasteiger partial charge in [0.2, 0.25) is 0 Å². The first kappa shape index (κ1) is 104. The monoisotopic (exact) mass is 1640 g/mol. The zero-order valence-electron chi connectivity index (χ0n) is 86.9. The van der Waals surface area contributed by atoms with Gasteiger partial charge in [-0.2, -0.15) is 0 Å². The van der Waals surface area contributed by atoms with Crippen molar-refractivity contribution in [2.24, 2.45) is 97.1 Å². The van der Waals surface area contributed by atoms with E-state index in [0.717, 1.165) is 102 Å². The number of piperidine rings is 3. The Kier molecular flexibility index (Phi) is 35.1. The van der Waals surface area contributed by atoms with Crippen molar-refractivity contribution >= 4 is 0 Å². The van der Waals surface area contributed by atoms with E-state index < -0.39 is 0 Å². The fourth-order valence-electron chi connectivity index (χ4n) is 22.2. The normalized spacial score (nSPS) is 33.0. The molecule has 690 valence electrons. The van der Waals surface area contributed by atoms with E-state index in [1.165, 1.54) is 208 Å². The lowest BCUT2D eigenvalue weighted by Gasteiger charge is -2.61. The number of rotatable bonds is 0. The van der Waals surface area contributed by atoms with Crippen LogP contribution in [-0.2, 0) is 0 Å². The molecule has 1 saturated carbocycles. The number of nitrogens with one attached hydrogen (secondary N) is 1. The average Bonchev–Trinajstić information content (AvgIpc) is 1.05. The van der Waals surface area contributed by atoms with Crippen molar-refractivity contribution in [3.63, 3.8) is 0 Å². The van der Waals surface area contributed by atoms with Gasteiger partial charge in [0.25, 0.3) is 0 Å². The van der Waals surface area contributed by atoms with E-state index in [0.29, 0.717) is 71.1 Å². The zero-order valence-corrected chi connectivity index (χ0v) is 86.9. The molecule has 14 aliphatic rings. The van der Waals surface area contributed by atoms with Gasteiger partial charge in [0.05, 0.1) is 45.7 Å². The summed E-state index contributed by atoms with van der Waals surface area (Å²) in [6.07, 6.45) is 22.6. The van der Waals surface area contributed by atoms with Crippen LogP contribution in [0, 0.1) is 97.1 Å². The van der Waals surface area contributed by atoms with E-state index in [-0.39, 0.29) is 0 Å². The highest BCUT2D eigenvalue weighted by atomic mass is 15.6. The average molecular weight is 1640 g/mol. The summed E-state index contributed by atoms with van der Waals surface area (Å²) in [6.45, 7) is 122. The predicted octanol–water partition coefficient (Wildman–Crippen LogP) is 23.4. The largest absolute Gasteiger partial charge is 0.303 e. The van der Waals surface area contributed by atoms with E-state index in [2.05, 4.69) is 355 Å². The minimum absolute atomic E-state index is 0.309. The van der Waals surface area contributed by atoms with Crippen molar-refractivity contribution in [1.82, 2.24) is 64.1 Å². The second-order valence-electron chi connectivity index (χ2n) is 55.5. The summed E-state index contributed by atoms with van der Waals surface area (Å²) < 4.78 is 0. The Bertz CT molecular complexity index is 2770. The first-order valence-electron chi connectivity index (χ1n) is 49.6. The maximum Gasteiger partial charge on any atom is 0.0652 e. The summed E-state index contributed by atoms with van der Waals surface area (Å²) >= 11 is 0. The fourth-order valence-corrected chi connectivity index (χ4v) is 22.2. The smallest absolute Gasteiger partial charge is 0.0652 e. The topological polar surface area (TPSA) is 50.9 Å². The van der Waals surface area contributed by atoms with Gasteiger partial charge >= 0.3 is 0 Å². The fraction of sp³-hybridized carbons (Fsp3) is 1.00. The quantitative estimate of drug-likeness (QED) is 0.251. The molecule has 13 aliphatic heterocycles. The van der Waals surface area contributed by atoms with Gasteiger partial charge in [0.15, 0.2) is 0 Å². The van der Waals surface area contributed by atoms with Crippen molar-refractivity contribution in [1.29, 1.82) is 0 Å². The molecule has 13 nitrogen and oxygen atoms in total. The second-order valence-corrected chi connectivity index (χ2v) is 55.5. The Hall–Kier alpha value is -0.520. The minimum Gasteiger partial charge on any atom is -0.303 e. The molecular formula is C104H209N13. The number of hydrogen-bond acceptors (Lipinski definition) is 13. The van der Waals surface area contributed by atoms with Crippen LogP contribution in [-0.4, -0.2) is 247 Å². The molecule has 14 atom stereocenters. The zero-order chi connectivity index (χ0) is 88.7. The Morgan fingerprint density at radius 2 is 0.547 bits per heavy atom. The lowest BCUT2D eigenvalue weighted by atomic mass is 9.74. The SMILES string of the molecule is CC(C)(C)C1CC2CCN(C(C)(C)C)CN2C1.CC(C)(C)C1CC2CN(C(C)(C)C)CC2C1.CC(C)(C)C1CC2CNCN2C1.CC(C)(C)C1CC2N(C1)CN2C(C)(C)C.CC(C)(C)C1CCC2CCCN(C(C)(C)C)CN2C1.CC(C)(C)C1CCC2CCN(C(C)(C)C)CN2C1.CC(C)(C)C1CCC2N(C1)CN2C(C)(C)C.CC(C)C. The molecule has 0 aromatic rings. The molecule has 13 heteroatoms. The van der Waals surface area contributed by atoms with E-state index in [1.807, 2.05) is 0 Å². The summed E-state index contributed by atoms with van der Waals surface area (Å²) in [4.78, 5) is 32.1. The second kappa shape index (κ2) is 39.6. The summed E-state index contributed by atoms with van der Waals surface area (Å²) in [6, 6.07) is 3.42. The van der Waals surface area contributed by atoms with Gasteiger partial charge in [-0.25, -0.2) is 0 Å². The molecule has 0 bridgehead atoms. The van der Waals surface area contributed by atoms with Crippen LogP contribution >= 0.6 is 0 Å². The number of nitrogens with zero attached hydrogens (tertiary/aromatic N) is 12. The van der Waals surface area contributed by atoms with Crippen LogP contribution in [0.15, 0.2) is 0 Å². The third-order valence-corrected chi connectivity index (χ3v) is 32.1. The van der Waals surface area contributed by atoms with Gasteiger partial charge in [-0.05, 0) is 325 Å². The number of hydrogen-bond donors (Lipinski definition) is 1. The van der Waals surface area contributed by atoms with E-state index >= 15 is 0 Å². The van der Waals surface area contributed by atoms with Gasteiger partial charge in [0.1, 0.15) is 0 Å². The van der Waals surface area contributed by atoms with Crippen molar-refractivity contribution in [2.75, 3.05) is 119 Å². The highest BCUT2D eigenvalue weighted by Gasteiger charge is 2.53. The van der Waals surface area contributed by atoms with Crippen LogP contribution in [0.1, 0.15) is 387 Å². The van der Waals surface area contributed by atoms with Crippen molar-refractivity contribution in [3.05, 3.63) is 0 Å². The Morgan fingerprint density at radius 1 is 0.239 bits per heavy atom. The lowest BCUT2D eigenvalue weighted by molar-refractivity contribution is -0.186. The van der Waals surface area contributed by atoms with Gasteiger partial charge in [-0.3, -0.25) is 58.8 Å². The molecular weight excluding hydrogens is 1430 g/mol. The first-order chi connectivity index (χ1) is 52.9. The molecule has 0 aromatic carbocycles.